The molecule has 1 aliphatic heterocycles. The lowest BCUT2D eigenvalue weighted by molar-refractivity contribution is 0.0401. The van der Waals surface area contributed by atoms with Gasteiger partial charge in [-0.25, -0.2) is 0 Å². The Bertz CT molecular complexity index is 414. The third-order valence-corrected chi connectivity index (χ3v) is 3.87. The van der Waals surface area contributed by atoms with Gasteiger partial charge in [0.25, 0.3) is 0 Å². The molecule has 1 aliphatic rings. The van der Waals surface area contributed by atoms with Crippen molar-refractivity contribution in [3.8, 4) is 0 Å². The summed E-state index contributed by atoms with van der Waals surface area (Å²) in [5.41, 5.74) is 0.776. The van der Waals surface area contributed by atoms with Gasteiger partial charge in [0.05, 0.1) is 12.6 Å². The molecule has 0 atom stereocenters. The van der Waals surface area contributed by atoms with Crippen molar-refractivity contribution in [2.45, 2.75) is 18.9 Å². The largest absolute Gasteiger partial charge is 0.381 e. The Kier molecular flexibility index (Phi) is 4.92. The number of methoxy groups -OCH3 is 1. The van der Waals surface area contributed by atoms with Gasteiger partial charge in [-0.3, -0.25) is 9.69 Å². The number of hydrogen-bond donors (Lipinski definition) is 0. The summed E-state index contributed by atoms with van der Waals surface area (Å²) in [6.45, 7) is 2.39. The Morgan fingerprint density at radius 3 is 2.78 bits per heavy atom. The third-order valence-electron chi connectivity index (χ3n) is 3.38. The molecule has 0 bridgehead atoms. The van der Waals surface area contributed by atoms with Crippen LogP contribution in [0.2, 0.25) is 0 Å². The minimum Gasteiger partial charge on any atom is -0.381 e. The van der Waals surface area contributed by atoms with Gasteiger partial charge in [0, 0.05) is 30.2 Å². The van der Waals surface area contributed by atoms with Crippen LogP contribution < -0.4 is 0 Å². The Labute approximate surface area is 116 Å². The second-order valence-electron chi connectivity index (χ2n) is 4.64. The van der Waals surface area contributed by atoms with Gasteiger partial charge in [-0.15, -0.1) is 0 Å². The highest BCUT2D eigenvalue weighted by Gasteiger charge is 2.20. The van der Waals surface area contributed by atoms with Crippen molar-refractivity contribution in [1.82, 2.24) is 4.90 Å². The van der Waals surface area contributed by atoms with E-state index < -0.39 is 0 Å². The molecule has 1 fully saturated rings. The maximum atomic E-state index is 12.1. The maximum Gasteiger partial charge on any atom is 0.176 e. The molecule has 0 unspecified atom stereocenters. The highest BCUT2D eigenvalue weighted by Crippen LogP contribution is 2.15. The quantitative estimate of drug-likeness (QED) is 0.801. The van der Waals surface area contributed by atoms with Crippen LogP contribution in [-0.2, 0) is 4.74 Å². The van der Waals surface area contributed by atoms with Gasteiger partial charge in [-0.1, -0.05) is 28.1 Å². The number of carbonyl (C=O) groups excluding carboxylic acids is 1. The van der Waals surface area contributed by atoms with Gasteiger partial charge in [-0.2, -0.15) is 0 Å². The van der Waals surface area contributed by atoms with E-state index in [2.05, 4.69) is 20.8 Å². The number of hydrogen-bond acceptors (Lipinski definition) is 3. The Morgan fingerprint density at radius 2 is 2.17 bits per heavy atom. The molecule has 1 saturated heterocycles. The molecule has 0 spiro atoms. The Hall–Kier alpha value is -0.710. The number of nitrogens with zero attached hydrogens (tertiary/aromatic N) is 1. The number of benzene rings is 1. The van der Waals surface area contributed by atoms with E-state index >= 15 is 0 Å². The standard InChI is InChI=1S/C14H18BrNO2/c1-18-13-5-7-16(8-6-13)10-14(17)11-3-2-4-12(15)9-11/h2-4,9,13H,5-8,10H2,1H3. The highest BCUT2D eigenvalue weighted by molar-refractivity contribution is 9.10. The molecule has 3 nitrogen and oxygen atoms in total. The minimum atomic E-state index is 0.187. The lowest BCUT2D eigenvalue weighted by Gasteiger charge is -2.30. The summed E-state index contributed by atoms with van der Waals surface area (Å²) in [5, 5.41) is 0. The molecular formula is C14H18BrNO2. The minimum absolute atomic E-state index is 0.187. The van der Waals surface area contributed by atoms with Crippen molar-refractivity contribution in [3.63, 3.8) is 0 Å². The molecule has 0 N–H and O–H groups in total. The zero-order valence-electron chi connectivity index (χ0n) is 10.6. The summed E-state index contributed by atoms with van der Waals surface area (Å²) < 4.78 is 6.28. The molecule has 0 saturated carbocycles. The molecule has 0 radical (unpaired) electrons. The first-order chi connectivity index (χ1) is 8.69. The van der Waals surface area contributed by atoms with E-state index in [0.717, 1.165) is 36.0 Å². The second-order valence-corrected chi connectivity index (χ2v) is 5.56. The van der Waals surface area contributed by atoms with Crippen LogP contribution in [0.15, 0.2) is 28.7 Å². The molecule has 1 heterocycles. The summed E-state index contributed by atoms with van der Waals surface area (Å²) in [5.74, 6) is 0.187. The van der Waals surface area contributed by atoms with E-state index in [0.29, 0.717) is 12.6 Å². The molecule has 2 rings (SSSR count). The Morgan fingerprint density at radius 1 is 1.44 bits per heavy atom. The van der Waals surface area contributed by atoms with Crippen molar-refractivity contribution in [3.05, 3.63) is 34.3 Å². The number of rotatable bonds is 4. The fourth-order valence-corrected chi connectivity index (χ4v) is 2.66. The van der Waals surface area contributed by atoms with Crippen molar-refractivity contribution >= 4 is 21.7 Å². The van der Waals surface area contributed by atoms with Crippen LogP contribution in [0.1, 0.15) is 23.2 Å². The van der Waals surface area contributed by atoms with Crippen LogP contribution in [-0.4, -0.2) is 43.5 Å². The number of ketones is 1. The fraction of sp³-hybridized carbons (Fsp3) is 0.500. The van der Waals surface area contributed by atoms with Crippen LogP contribution in [0.3, 0.4) is 0 Å². The van der Waals surface area contributed by atoms with Crippen LogP contribution in [0.25, 0.3) is 0 Å². The van der Waals surface area contributed by atoms with Gasteiger partial charge in [0.15, 0.2) is 5.78 Å². The maximum absolute atomic E-state index is 12.1. The highest BCUT2D eigenvalue weighted by atomic mass is 79.9. The van der Waals surface area contributed by atoms with Gasteiger partial charge in [0.1, 0.15) is 0 Å². The number of ether oxygens (including phenoxy) is 1. The zero-order chi connectivity index (χ0) is 13.0. The van der Waals surface area contributed by atoms with Crippen LogP contribution in [0.4, 0.5) is 0 Å². The summed E-state index contributed by atoms with van der Waals surface area (Å²) in [6, 6.07) is 7.58. The first kappa shape index (κ1) is 13.7. The second kappa shape index (κ2) is 6.45. The molecule has 1 aromatic rings. The average molecular weight is 312 g/mol. The van der Waals surface area contributed by atoms with E-state index in [1.807, 2.05) is 24.3 Å². The Balaban J connectivity index is 1.89. The predicted octanol–water partition coefficient (Wildman–Crippen LogP) is 2.74. The first-order valence-corrected chi connectivity index (χ1v) is 7.02. The summed E-state index contributed by atoms with van der Waals surface area (Å²) in [7, 11) is 1.76. The molecule has 0 aliphatic carbocycles. The number of Topliss-reactive ketones (excluding diaryl/α,β-unsaturated/α-hetero) is 1. The smallest absolute Gasteiger partial charge is 0.176 e. The molecule has 98 valence electrons. The van der Waals surface area contributed by atoms with E-state index in [4.69, 9.17) is 4.74 Å². The van der Waals surface area contributed by atoms with Crippen molar-refractivity contribution in [2.75, 3.05) is 26.7 Å². The normalized spacial score (nSPS) is 17.9. The number of halogens is 1. The molecule has 4 heteroatoms. The summed E-state index contributed by atoms with van der Waals surface area (Å²) >= 11 is 3.39. The lowest BCUT2D eigenvalue weighted by atomic mass is 10.1. The fourth-order valence-electron chi connectivity index (χ4n) is 2.26. The zero-order valence-corrected chi connectivity index (χ0v) is 12.1. The number of likely N-dealkylation sites (tertiary alicyclic amines) is 1. The summed E-state index contributed by atoms with van der Waals surface area (Å²) in [6.07, 6.45) is 2.40. The number of carbonyl (C=O) groups is 1. The molecule has 18 heavy (non-hydrogen) atoms. The molecule has 1 aromatic carbocycles. The monoisotopic (exact) mass is 311 g/mol. The molecule has 0 aromatic heterocycles. The van der Waals surface area contributed by atoms with Gasteiger partial charge < -0.3 is 4.74 Å². The average Bonchev–Trinajstić information content (AvgIpc) is 2.39. The van der Waals surface area contributed by atoms with E-state index in [-0.39, 0.29) is 5.78 Å². The lowest BCUT2D eigenvalue weighted by Crippen LogP contribution is -2.39. The van der Waals surface area contributed by atoms with Gasteiger partial charge in [0.2, 0.25) is 0 Å². The van der Waals surface area contributed by atoms with Crippen LogP contribution in [0, 0.1) is 0 Å². The van der Waals surface area contributed by atoms with Crippen LogP contribution >= 0.6 is 15.9 Å². The van der Waals surface area contributed by atoms with E-state index in [9.17, 15) is 4.79 Å². The predicted molar refractivity (Wildman–Crippen MR) is 74.9 cm³/mol. The van der Waals surface area contributed by atoms with Gasteiger partial charge in [-0.05, 0) is 25.0 Å². The van der Waals surface area contributed by atoms with E-state index in [1.54, 1.807) is 7.11 Å². The number of piperidine rings is 1. The van der Waals surface area contributed by atoms with Crippen molar-refractivity contribution < 1.29 is 9.53 Å². The summed E-state index contributed by atoms with van der Waals surface area (Å²) in [4.78, 5) is 14.3. The van der Waals surface area contributed by atoms with Crippen LogP contribution in [0.5, 0.6) is 0 Å². The SMILES string of the molecule is COC1CCN(CC(=O)c2cccc(Br)c2)CC1. The van der Waals surface area contributed by atoms with Gasteiger partial charge >= 0.3 is 0 Å². The van der Waals surface area contributed by atoms with Crippen molar-refractivity contribution in [2.24, 2.45) is 0 Å². The first-order valence-electron chi connectivity index (χ1n) is 6.23. The molecular weight excluding hydrogens is 294 g/mol. The third kappa shape index (κ3) is 3.64. The van der Waals surface area contributed by atoms with Crippen molar-refractivity contribution in [1.29, 1.82) is 0 Å². The van der Waals surface area contributed by atoms with E-state index in [1.165, 1.54) is 0 Å². The topological polar surface area (TPSA) is 29.5 Å². The molecule has 0 amide bonds.